The zero-order valence-corrected chi connectivity index (χ0v) is 10.5. The van der Waals surface area contributed by atoms with E-state index in [1.165, 1.54) is 25.7 Å². The molecule has 1 saturated carbocycles. The number of hydrogen-bond acceptors (Lipinski definition) is 3. The number of ether oxygens (including phenoxy) is 1. The van der Waals surface area contributed by atoms with Gasteiger partial charge in [-0.3, -0.25) is 4.79 Å². The minimum absolute atomic E-state index is 0.0349. The molecule has 0 aromatic heterocycles. The second-order valence-corrected chi connectivity index (χ2v) is 5.43. The highest BCUT2D eigenvalue weighted by Crippen LogP contribution is 2.21. The molecule has 1 heterocycles. The molecule has 4 heteroatoms. The van der Waals surface area contributed by atoms with E-state index < -0.39 is 5.54 Å². The highest BCUT2D eigenvalue weighted by molar-refractivity contribution is 5.86. The maximum Gasteiger partial charge on any atom is 0.240 e. The van der Waals surface area contributed by atoms with Crippen LogP contribution < -0.4 is 11.1 Å². The van der Waals surface area contributed by atoms with E-state index in [0.717, 1.165) is 12.8 Å². The summed E-state index contributed by atoms with van der Waals surface area (Å²) in [6.07, 6.45) is 8.56. The lowest BCUT2D eigenvalue weighted by atomic mass is 9.90. The summed E-state index contributed by atoms with van der Waals surface area (Å²) in [6, 6.07) is 0.341. The zero-order chi connectivity index (χ0) is 12.1. The second-order valence-electron chi connectivity index (χ2n) is 5.43. The lowest BCUT2D eigenvalue weighted by Gasteiger charge is -2.33. The zero-order valence-electron chi connectivity index (χ0n) is 10.5. The van der Waals surface area contributed by atoms with E-state index in [4.69, 9.17) is 10.5 Å². The third-order valence-electron chi connectivity index (χ3n) is 4.03. The van der Waals surface area contributed by atoms with Crippen molar-refractivity contribution >= 4 is 5.91 Å². The third kappa shape index (κ3) is 3.42. The summed E-state index contributed by atoms with van der Waals surface area (Å²) in [4.78, 5) is 12.2. The fourth-order valence-electron chi connectivity index (χ4n) is 2.72. The largest absolute Gasteiger partial charge is 0.381 e. The normalized spacial score (nSPS) is 26.2. The Bertz CT molecular complexity index is 254. The van der Waals surface area contributed by atoms with Crippen LogP contribution in [-0.4, -0.2) is 30.7 Å². The maximum absolute atomic E-state index is 12.2. The van der Waals surface area contributed by atoms with Gasteiger partial charge < -0.3 is 15.8 Å². The molecule has 0 bridgehead atoms. The van der Waals surface area contributed by atoms with Gasteiger partial charge in [-0.15, -0.1) is 0 Å². The molecule has 1 saturated heterocycles. The van der Waals surface area contributed by atoms with Gasteiger partial charge >= 0.3 is 0 Å². The molecule has 1 aliphatic heterocycles. The quantitative estimate of drug-likeness (QED) is 0.716. The second kappa shape index (κ2) is 5.83. The van der Waals surface area contributed by atoms with Crippen LogP contribution in [0.15, 0.2) is 0 Å². The van der Waals surface area contributed by atoms with E-state index >= 15 is 0 Å². The lowest BCUT2D eigenvalue weighted by Crippen LogP contribution is -2.58. The average molecular weight is 240 g/mol. The first-order chi connectivity index (χ1) is 8.21. The number of carbonyl (C=O) groups excluding carboxylic acids is 1. The van der Waals surface area contributed by atoms with Crippen LogP contribution in [0.1, 0.15) is 51.4 Å². The first-order valence-corrected chi connectivity index (χ1v) is 6.88. The monoisotopic (exact) mass is 240 g/mol. The molecular weight excluding hydrogens is 216 g/mol. The predicted molar refractivity (Wildman–Crippen MR) is 66.6 cm³/mol. The topological polar surface area (TPSA) is 64.4 Å². The van der Waals surface area contributed by atoms with Gasteiger partial charge in [0.1, 0.15) is 0 Å². The molecule has 1 aliphatic carbocycles. The average Bonchev–Trinajstić information content (AvgIpc) is 2.58. The Morgan fingerprint density at radius 3 is 2.29 bits per heavy atom. The Balaban J connectivity index is 1.86. The van der Waals surface area contributed by atoms with Crippen molar-refractivity contribution < 1.29 is 9.53 Å². The smallest absolute Gasteiger partial charge is 0.240 e. The molecule has 2 aliphatic rings. The molecule has 2 rings (SSSR count). The molecular formula is C13H24N2O2. The first-order valence-electron chi connectivity index (χ1n) is 6.88. The van der Waals surface area contributed by atoms with Gasteiger partial charge in [0.25, 0.3) is 0 Å². The van der Waals surface area contributed by atoms with Gasteiger partial charge in [0, 0.05) is 19.3 Å². The Kier molecular flexibility index (Phi) is 4.40. The summed E-state index contributed by atoms with van der Waals surface area (Å²) in [7, 11) is 0. The van der Waals surface area contributed by atoms with E-state index in [1.807, 2.05) is 0 Å². The van der Waals surface area contributed by atoms with Crippen molar-refractivity contribution in [1.82, 2.24) is 5.32 Å². The summed E-state index contributed by atoms with van der Waals surface area (Å²) in [6.45, 7) is 1.21. The summed E-state index contributed by atoms with van der Waals surface area (Å²) in [5.41, 5.74) is 5.48. The van der Waals surface area contributed by atoms with Crippen molar-refractivity contribution in [1.29, 1.82) is 0 Å². The minimum atomic E-state index is -0.690. The Hall–Kier alpha value is -0.610. The molecule has 0 atom stereocenters. The van der Waals surface area contributed by atoms with Crippen LogP contribution in [-0.2, 0) is 9.53 Å². The highest BCUT2D eigenvalue weighted by atomic mass is 16.5. The molecule has 0 aromatic rings. The van der Waals surface area contributed by atoms with E-state index in [1.54, 1.807) is 0 Å². The van der Waals surface area contributed by atoms with Gasteiger partial charge in [-0.25, -0.2) is 0 Å². The van der Waals surface area contributed by atoms with Crippen molar-refractivity contribution in [2.45, 2.75) is 62.9 Å². The number of carbonyl (C=O) groups is 1. The molecule has 3 N–H and O–H groups in total. The SMILES string of the molecule is NC1(C(=O)NC2CCCCCC2)CCOCC1. The summed E-state index contributed by atoms with van der Waals surface area (Å²) < 4.78 is 5.27. The van der Waals surface area contributed by atoms with Crippen molar-refractivity contribution in [2.24, 2.45) is 5.73 Å². The number of nitrogens with two attached hydrogens (primary N) is 1. The molecule has 17 heavy (non-hydrogen) atoms. The van der Waals surface area contributed by atoms with Gasteiger partial charge in [-0.05, 0) is 25.7 Å². The molecule has 1 amide bonds. The van der Waals surface area contributed by atoms with Crippen molar-refractivity contribution in [3.63, 3.8) is 0 Å². The standard InChI is InChI=1S/C13H24N2O2/c14-13(7-9-17-10-8-13)12(16)15-11-5-3-1-2-4-6-11/h11H,1-10,14H2,(H,15,16). The van der Waals surface area contributed by atoms with Crippen LogP contribution in [0.5, 0.6) is 0 Å². The van der Waals surface area contributed by atoms with Crippen LogP contribution in [0.25, 0.3) is 0 Å². The Morgan fingerprint density at radius 2 is 1.71 bits per heavy atom. The molecule has 2 fully saturated rings. The molecule has 0 radical (unpaired) electrons. The Morgan fingerprint density at radius 1 is 1.12 bits per heavy atom. The van der Waals surface area contributed by atoms with E-state index in [2.05, 4.69) is 5.32 Å². The van der Waals surface area contributed by atoms with Crippen LogP contribution in [0.2, 0.25) is 0 Å². The van der Waals surface area contributed by atoms with Crippen molar-refractivity contribution in [2.75, 3.05) is 13.2 Å². The van der Waals surface area contributed by atoms with E-state index in [-0.39, 0.29) is 5.91 Å². The third-order valence-corrected chi connectivity index (χ3v) is 4.03. The van der Waals surface area contributed by atoms with Crippen LogP contribution in [0.3, 0.4) is 0 Å². The number of rotatable bonds is 2. The molecule has 0 spiro atoms. The molecule has 0 unspecified atom stereocenters. The summed E-state index contributed by atoms with van der Waals surface area (Å²) in [5.74, 6) is 0.0349. The van der Waals surface area contributed by atoms with Crippen LogP contribution >= 0.6 is 0 Å². The fraction of sp³-hybridized carbons (Fsp3) is 0.923. The lowest BCUT2D eigenvalue weighted by molar-refractivity contribution is -0.130. The van der Waals surface area contributed by atoms with Crippen molar-refractivity contribution in [3.05, 3.63) is 0 Å². The summed E-state index contributed by atoms with van der Waals surface area (Å²) in [5, 5.41) is 3.15. The molecule has 0 aromatic carbocycles. The van der Waals surface area contributed by atoms with E-state index in [9.17, 15) is 4.79 Å². The van der Waals surface area contributed by atoms with Gasteiger partial charge in [-0.2, -0.15) is 0 Å². The van der Waals surface area contributed by atoms with Crippen LogP contribution in [0, 0.1) is 0 Å². The van der Waals surface area contributed by atoms with E-state index in [0.29, 0.717) is 32.1 Å². The number of amides is 1. The summed E-state index contributed by atoms with van der Waals surface area (Å²) >= 11 is 0. The number of hydrogen-bond donors (Lipinski definition) is 2. The first kappa shape index (κ1) is 12.8. The van der Waals surface area contributed by atoms with Crippen molar-refractivity contribution in [3.8, 4) is 0 Å². The van der Waals surface area contributed by atoms with Crippen LogP contribution in [0.4, 0.5) is 0 Å². The Labute approximate surface area is 103 Å². The predicted octanol–water partition coefficient (Wildman–Crippen LogP) is 1.33. The molecule has 98 valence electrons. The van der Waals surface area contributed by atoms with Gasteiger partial charge in [0.05, 0.1) is 5.54 Å². The minimum Gasteiger partial charge on any atom is -0.381 e. The van der Waals surface area contributed by atoms with Gasteiger partial charge in [0.15, 0.2) is 0 Å². The van der Waals surface area contributed by atoms with Gasteiger partial charge in [-0.1, -0.05) is 25.7 Å². The highest BCUT2D eigenvalue weighted by Gasteiger charge is 2.36. The molecule has 4 nitrogen and oxygen atoms in total. The fourth-order valence-corrected chi connectivity index (χ4v) is 2.72. The van der Waals surface area contributed by atoms with Gasteiger partial charge in [0.2, 0.25) is 5.91 Å². The number of nitrogens with one attached hydrogen (secondary N) is 1. The maximum atomic E-state index is 12.2.